The Hall–Kier alpha value is -3.36. The van der Waals surface area contributed by atoms with E-state index in [1.165, 1.54) is 7.11 Å². The summed E-state index contributed by atoms with van der Waals surface area (Å²) >= 11 is 0. The molecule has 2 aliphatic rings. The fraction of sp³-hybridized carbons (Fsp3) is 0.429. The van der Waals surface area contributed by atoms with Crippen LogP contribution in [0.25, 0.3) is 0 Å². The molecule has 1 saturated heterocycles. The van der Waals surface area contributed by atoms with Gasteiger partial charge < -0.3 is 20.3 Å². The summed E-state index contributed by atoms with van der Waals surface area (Å²) in [5.74, 6) is -0.0278. The average Bonchev–Trinajstić information content (AvgIpc) is 2.72. The minimum atomic E-state index is -0.925. The molecule has 0 radical (unpaired) electrons. The van der Waals surface area contributed by atoms with Gasteiger partial charge in [0.2, 0.25) is 17.8 Å². The van der Waals surface area contributed by atoms with Crippen molar-refractivity contribution < 1.29 is 14.3 Å². The molecular weight excluding hydrogens is 386 g/mol. The summed E-state index contributed by atoms with van der Waals surface area (Å²) in [5, 5.41) is 5.43. The number of carbonyl (C=O) groups is 2. The standard InChI is InChI=1S/C21H25N5O4/c1-12-5-4-8-26(11-12)21-24-18-17(20(29)25-21)15(10-16(27)23-18)19(28)22-13-6-3-7-14(9-13)30-2/h3,6-7,9,12,15H,4-5,8,10-11H2,1-2H3,(H,22,28)(H2,23,24,25,27,29)/t12-,15-/m1/s1. The molecule has 2 amide bonds. The van der Waals surface area contributed by atoms with E-state index < -0.39 is 17.4 Å². The molecule has 9 nitrogen and oxygen atoms in total. The Bertz CT molecular complexity index is 1030. The van der Waals surface area contributed by atoms with E-state index in [0.29, 0.717) is 23.3 Å². The maximum atomic E-state index is 12.9. The number of nitrogens with zero attached hydrogens (tertiary/aromatic N) is 2. The van der Waals surface area contributed by atoms with Gasteiger partial charge in [-0.05, 0) is 30.9 Å². The Labute approximate surface area is 173 Å². The van der Waals surface area contributed by atoms with E-state index in [-0.39, 0.29) is 23.7 Å². The second-order valence-corrected chi connectivity index (χ2v) is 7.87. The summed E-state index contributed by atoms with van der Waals surface area (Å²) in [5.41, 5.74) is 0.304. The zero-order valence-electron chi connectivity index (χ0n) is 17.0. The van der Waals surface area contributed by atoms with Crippen LogP contribution in [-0.2, 0) is 9.59 Å². The molecule has 0 unspecified atom stereocenters. The first-order valence-electron chi connectivity index (χ1n) is 10.1. The number of anilines is 3. The minimum absolute atomic E-state index is 0.117. The molecule has 1 aromatic carbocycles. The van der Waals surface area contributed by atoms with Crippen molar-refractivity contribution in [2.75, 3.05) is 35.7 Å². The van der Waals surface area contributed by atoms with Gasteiger partial charge in [-0.2, -0.15) is 4.98 Å². The average molecular weight is 411 g/mol. The van der Waals surface area contributed by atoms with Crippen molar-refractivity contribution in [1.82, 2.24) is 9.97 Å². The third-order valence-corrected chi connectivity index (χ3v) is 5.55. The highest BCUT2D eigenvalue weighted by atomic mass is 16.5. The van der Waals surface area contributed by atoms with Crippen LogP contribution in [0.15, 0.2) is 29.1 Å². The van der Waals surface area contributed by atoms with Crippen LogP contribution >= 0.6 is 0 Å². The monoisotopic (exact) mass is 411 g/mol. The van der Waals surface area contributed by atoms with Gasteiger partial charge in [-0.25, -0.2) is 0 Å². The number of hydrogen-bond acceptors (Lipinski definition) is 6. The zero-order chi connectivity index (χ0) is 21.3. The van der Waals surface area contributed by atoms with Crippen molar-refractivity contribution >= 4 is 29.3 Å². The molecule has 2 aromatic rings. The van der Waals surface area contributed by atoms with E-state index >= 15 is 0 Å². The van der Waals surface area contributed by atoms with Crippen molar-refractivity contribution in [3.05, 3.63) is 40.2 Å². The lowest BCUT2D eigenvalue weighted by atomic mass is 9.92. The van der Waals surface area contributed by atoms with Crippen LogP contribution in [-0.4, -0.2) is 42.0 Å². The lowest BCUT2D eigenvalue weighted by Gasteiger charge is -2.32. The Morgan fingerprint density at radius 1 is 1.33 bits per heavy atom. The van der Waals surface area contributed by atoms with Crippen LogP contribution in [0, 0.1) is 5.92 Å². The first kappa shape index (κ1) is 19.9. The highest BCUT2D eigenvalue weighted by molar-refractivity contribution is 6.04. The Balaban J connectivity index is 1.63. The highest BCUT2D eigenvalue weighted by Crippen LogP contribution is 2.31. The van der Waals surface area contributed by atoms with Crippen LogP contribution in [0.3, 0.4) is 0 Å². The summed E-state index contributed by atoms with van der Waals surface area (Å²) in [4.78, 5) is 47.4. The van der Waals surface area contributed by atoms with Crippen LogP contribution in [0.1, 0.15) is 37.7 Å². The predicted molar refractivity (Wildman–Crippen MR) is 113 cm³/mol. The maximum absolute atomic E-state index is 12.9. The van der Waals surface area contributed by atoms with E-state index in [2.05, 4.69) is 27.5 Å². The number of aromatic nitrogens is 2. The van der Waals surface area contributed by atoms with Crippen molar-refractivity contribution in [3.8, 4) is 5.75 Å². The molecule has 9 heteroatoms. The number of carbonyl (C=O) groups excluding carboxylic acids is 2. The number of piperidine rings is 1. The van der Waals surface area contributed by atoms with Crippen LogP contribution in [0.5, 0.6) is 5.75 Å². The number of ether oxygens (including phenoxy) is 1. The lowest BCUT2D eigenvalue weighted by Crippen LogP contribution is -2.40. The molecule has 0 aliphatic carbocycles. The van der Waals surface area contributed by atoms with E-state index in [4.69, 9.17) is 4.74 Å². The predicted octanol–water partition coefficient (Wildman–Crippen LogP) is 2.08. The zero-order valence-corrected chi connectivity index (χ0v) is 17.0. The van der Waals surface area contributed by atoms with Crippen LogP contribution in [0.2, 0.25) is 0 Å². The molecule has 2 atom stereocenters. The van der Waals surface area contributed by atoms with Gasteiger partial charge >= 0.3 is 0 Å². The van der Waals surface area contributed by atoms with Crippen LogP contribution in [0.4, 0.5) is 17.5 Å². The second-order valence-electron chi connectivity index (χ2n) is 7.87. The number of amides is 2. The number of nitrogens with one attached hydrogen (secondary N) is 3. The van der Waals surface area contributed by atoms with Gasteiger partial charge in [0, 0.05) is 31.3 Å². The van der Waals surface area contributed by atoms with Crippen LogP contribution < -0.4 is 25.8 Å². The van der Waals surface area contributed by atoms with Gasteiger partial charge in [0.25, 0.3) is 5.56 Å². The van der Waals surface area contributed by atoms with E-state index in [9.17, 15) is 14.4 Å². The third-order valence-electron chi connectivity index (χ3n) is 5.55. The van der Waals surface area contributed by atoms with E-state index in [1.54, 1.807) is 24.3 Å². The van der Waals surface area contributed by atoms with Crippen molar-refractivity contribution in [3.63, 3.8) is 0 Å². The summed E-state index contributed by atoms with van der Waals surface area (Å²) in [7, 11) is 1.54. The molecule has 30 heavy (non-hydrogen) atoms. The molecule has 158 valence electrons. The topological polar surface area (TPSA) is 116 Å². The molecule has 2 aliphatic heterocycles. The summed E-state index contributed by atoms with van der Waals surface area (Å²) in [6, 6.07) is 6.89. The number of fused-ring (bicyclic) bond motifs is 1. The molecule has 4 rings (SSSR count). The molecular formula is C21H25N5O4. The maximum Gasteiger partial charge on any atom is 0.258 e. The SMILES string of the molecule is COc1cccc(NC(=O)[C@@H]2CC(=O)Nc3nc(N4CCC[C@@H](C)C4)[nH]c(=O)c32)c1. The van der Waals surface area contributed by atoms with Gasteiger partial charge in [-0.15, -0.1) is 0 Å². The fourth-order valence-electron chi connectivity index (χ4n) is 4.05. The van der Waals surface area contributed by atoms with Gasteiger partial charge in [-0.1, -0.05) is 13.0 Å². The normalized spacial score (nSPS) is 20.9. The fourth-order valence-corrected chi connectivity index (χ4v) is 4.05. The number of benzene rings is 1. The minimum Gasteiger partial charge on any atom is -0.497 e. The number of rotatable bonds is 4. The first-order valence-corrected chi connectivity index (χ1v) is 10.1. The number of hydrogen-bond donors (Lipinski definition) is 3. The van der Waals surface area contributed by atoms with Gasteiger partial charge in [-0.3, -0.25) is 19.4 Å². The van der Waals surface area contributed by atoms with Gasteiger partial charge in [0.05, 0.1) is 18.6 Å². The van der Waals surface area contributed by atoms with Gasteiger partial charge in [0.1, 0.15) is 11.6 Å². The quantitative estimate of drug-likeness (QED) is 0.709. The highest BCUT2D eigenvalue weighted by Gasteiger charge is 2.35. The summed E-state index contributed by atoms with van der Waals surface area (Å²) in [6.07, 6.45) is 2.03. The molecule has 0 bridgehead atoms. The lowest BCUT2D eigenvalue weighted by molar-refractivity contribution is -0.123. The van der Waals surface area contributed by atoms with Gasteiger partial charge in [0.15, 0.2) is 0 Å². The Morgan fingerprint density at radius 2 is 2.17 bits per heavy atom. The molecule has 3 heterocycles. The molecule has 0 saturated carbocycles. The molecule has 1 aromatic heterocycles. The third kappa shape index (κ3) is 4.00. The van der Waals surface area contributed by atoms with E-state index in [0.717, 1.165) is 25.9 Å². The Morgan fingerprint density at radius 3 is 2.93 bits per heavy atom. The molecule has 1 fully saturated rings. The molecule has 3 N–H and O–H groups in total. The van der Waals surface area contributed by atoms with Crippen molar-refractivity contribution in [1.29, 1.82) is 0 Å². The number of H-pyrrole nitrogens is 1. The molecule has 0 spiro atoms. The Kier molecular flexibility index (Phi) is 5.43. The smallest absolute Gasteiger partial charge is 0.258 e. The van der Waals surface area contributed by atoms with E-state index in [1.807, 2.05) is 4.90 Å². The largest absolute Gasteiger partial charge is 0.497 e. The summed E-state index contributed by atoms with van der Waals surface area (Å²) in [6.45, 7) is 3.73. The number of aromatic amines is 1. The van der Waals surface area contributed by atoms with Crippen molar-refractivity contribution in [2.45, 2.75) is 32.1 Å². The van der Waals surface area contributed by atoms with Crippen molar-refractivity contribution in [2.24, 2.45) is 5.92 Å². The second kappa shape index (κ2) is 8.17. The summed E-state index contributed by atoms with van der Waals surface area (Å²) < 4.78 is 5.17. The number of methoxy groups -OCH3 is 1. The first-order chi connectivity index (χ1) is 14.4.